The number of quaternary nitrogens is 3. The Morgan fingerprint density at radius 2 is 0.926 bits per heavy atom. The van der Waals surface area contributed by atoms with Crippen molar-refractivity contribution in [3.8, 4) is 0 Å². The maximum atomic E-state index is 3.37. The Balaban J connectivity index is 0.000000380. The van der Waals surface area contributed by atoms with Gasteiger partial charge in [0.1, 0.15) is 0 Å². The van der Waals surface area contributed by atoms with Gasteiger partial charge >= 0.3 is 0 Å². The first-order chi connectivity index (χ1) is 12.1. The Morgan fingerprint density at radius 1 is 0.556 bits per heavy atom. The maximum Gasteiger partial charge on any atom is 0.0902 e. The lowest BCUT2D eigenvalue weighted by molar-refractivity contribution is -0.950. The molecule has 4 N–H and O–H groups in total. The number of hydrogen-bond donors (Lipinski definition) is 4. The largest absolute Gasteiger partial charge is 0.337 e. The number of rotatable bonds is 0. The molecular weight excluding hydrogens is 332 g/mol. The molecule has 27 heavy (non-hydrogen) atoms. The zero-order valence-corrected chi connectivity index (χ0v) is 19.2. The number of hydrogen-bond acceptors (Lipinski definition) is 1. The van der Waals surface area contributed by atoms with Crippen LogP contribution in [-0.4, -0.2) is 70.5 Å². The molecule has 4 heteroatoms. The van der Waals surface area contributed by atoms with Crippen molar-refractivity contribution in [3.05, 3.63) is 0 Å². The topological polar surface area (TPSA) is 25.4 Å². The Kier molecular flexibility index (Phi) is 13.1. The highest BCUT2D eigenvalue weighted by Crippen LogP contribution is 2.00. The van der Waals surface area contributed by atoms with Gasteiger partial charge in [0.05, 0.1) is 57.4 Å². The molecule has 3 aliphatic rings. The van der Waals surface area contributed by atoms with Crippen molar-refractivity contribution in [2.75, 3.05) is 59.4 Å². The fourth-order valence-corrected chi connectivity index (χ4v) is 4.19. The van der Waals surface area contributed by atoms with Crippen LogP contribution >= 0.6 is 0 Å². The molecule has 3 heterocycles. The molecule has 3 aliphatic heterocycles. The van der Waals surface area contributed by atoms with E-state index in [-0.39, 0.29) is 7.43 Å². The van der Waals surface area contributed by atoms with Crippen molar-refractivity contribution in [3.63, 3.8) is 0 Å². The molecule has 0 amide bonds. The summed E-state index contributed by atoms with van der Waals surface area (Å²) in [6.45, 7) is 24.5. The van der Waals surface area contributed by atoms with E-state index in [2.05, 4.69) is 53.9 Å². The third-order valence-corrected chi connectivity index (χ3v) is 6.24. The Morgan fingerprint density at radius 3 is 1.19 bits per heavy atom. The van der Waals surface area contributed by atoms with E-state index >= 15 is 0 Å². The summed E-state index contributed by atoms with van der Waals surface area (Å²) >= 11 is 0. The van der Waals surface area contributed by atoms with Crippen LogP contribution in [0.3, 0.4) is 0 Å². The monoisotopic (exact) mass is 387 g/mol. The summed E-state index contributed by atoms with van der Waals surface area (Å²) in [4.78, 5) is 5.22. The predicted octanol–water partition coefficient (Wildman–Crippen LogP) is 0.0577. The lowest BCUT2D eigenvalue weighted by atomic mass is 10.0. The van der Waals surface area contributed by atoms with Crippen molar-refractivity contribution in [2.24, 2.45) is 0 Å². The highest BCUT2D eigenvalue weighted by atomic mass is 15.2. The molecule has 0 aromatic rings. The number of piperazine rings is 1. The number of piperidine rings is 1. The van der Waals surface area contributed by atoms with Gasteiger partial charge in [-0.25, -0.2) is 0 Å². The van der Waals surface area contributed by atoms with E-state index in [9.17, 15) is 0 Å². The van der Waals surface area contributed by atoms with Crippen LogP contribution in [0.25, 0.3) is 0 Å². The van der Waals surface area contributed by atoms with Gasteiger partial charge in [0, 0.05) is 25.9 Å². The van der Waals surface area contributed by atoms with Crippen molar-refractivity contribution in [1.82, 2.24) is 5.32 Å². The summed E-state index contributed by atoms with van der Waals surface area (Å²) < 4.78 is 0. The lowest BCUT2D eigenvalue weighted by Gasteiger charge is -2.35. The zero-order valence-electron chi connectivity index (χ0n) is 19.2. The smallest absolute Gasteiger partial charge is 0.0902 e. The van der Waals surface area contributed by atoms with Gasteiger partial charge in [0.2, 0.25) is 0 Å². The highest BCUT2D eigenvalue weighted by molar-refractivity contribution is 4.61. The van der Waals surface area contributed by atoms with Gasteiger partial charge in [-0.3, -0.25) is 0 Å². The molecule has 0 bridgehead atoms. The van der Waals surface area contributed by atoms with Crippen LogP contribution in [0.1, 0.15) is 81.1 Å². The molecule has 0 atom stereocenters. The van der Waals surface area contributed by atoms with Crippen LogP contribution in [0.4, 0.5) is 0 Å². The predicted molar refractivity (Wildman–Crippen MR) is 120 cm³/mol. The summed E-state index contributed by atoms with van der Waals surface area (Å²) in [5.41, 5.74) is 0.933. The Bertz CT molecular complexity index is 310. The molecule has 3 saturated heterocycles. The van der Waals surface area contributed by atoms with E-state index in [0.717, 1.165) is 0 Å². The molecule has 3 rings (SSSR count). The molecule has 164 valence electrons. The second-order valence-electron chi connectivity index (χ2n) is 10.7. The van der Waals surface area contributed by atoms with Gasteiger partial charge in [-0.15, -0.1) is 0 Å². The van der Waals surface area contributed by atoms with Crippen molar-refractivity contribution in [2.45, 2.75) is 92.2 Å². The summed E-state index contributed by atoms with van der Waals surface area (Å²) in [5.74, 6) is 0. The van der Waals surface area contributed by atoms with Crippen molar-refractivity contribution < 1.29 is 14.7 Å². The van der Waals surface area contributed by atoms with Gasteiger partial charge in [-0.1, -0.05) is 7.43 Å². The first-order valence-electron chi connectivity index (χ1n) is 11.3. The Hall–Kier alpha value is -0.160. The fourth-order valence-electron chi connectivity index (χ4n) is 4.19. The quantitative estimate of drug-likeness (QED) is 0.464. The van der Waals surface area contributed by atoms with Gasteiger partial charge in [0.25, 0.3) is 0 Å². The third kappa shape index (κ3) is 12.1. The van der Waals surface area contributed by atoms with E-state index in [1.807, 2.05) is 0 Å². The summed E-state index contributed by atoms with van der Waals surface area (Å²) in [6, 6.07) is 0. The first kappa shape index (κ1) is 26.8. The van der Waals surface area contributed by atoms with E-state index < -0.39 is 0 Å². The molecule has 0 saturated carbocycles. The molecule has 0 radical (unpaired) electrons. The van der Waals surface area contributed by atoms with E-state index in [1.54, 1.807) is 14.7 Å². The highest BCUT2D eigenvalue weighted by Gasteiger charge is 2.26. The summed E-state index contributed by atoms with van der Waals surface area (Å²) in [6.07, 6.45) is 7.23. The average Bonchev–Trinajstić information content (AvgIpc) is 3.07. The Labute approximate surface area is 172 Å². The number of likely N-dealkylation sites (tertiary alicyclic amines) is 2. The van der Waals surface area contributed by atoms with E-state index in [4.69, 9.17) is 0 Å². The molecule has 0 aromatic carbocycles. The number of nitrogens with one attached hydrogen (secondary N) is 4. The molecule has 4 nitrogen and oxygen atoms in total. The minimum atomic E-state index is 0. The van der Waals surface area contributed by atoms with Crippen LogP contribution in [0, 0.1) is 0 Å². The normalized spacial score (nSPS) is 22.8. The SMILES string of the molecule is C.CC(C)(C)[NH+]1CCCCC1.CC(C)(C)[NH+]1CCNCC1.C[NH+]1CCCC1. The van der Waals surface area contributed by atoms with E-state index in [0.29, 0.717) is 11.1 Å². The first-order valence-corrected chi connectivity index (χ1v) is 11.3. The molecular formula is C23H55N4+3. The van der Waals surface area contributed by atoms with Gasteiger partial charge < -0.3 is 20.0 Å². The molecule has 0 aromatic heterocycles. The van der Waals surface area contributed by atoms with Crippen LogP contribution in [-0.2, 0) is 0 Å². The summed E-state index contributed by atoms with van der Waals surface area (Å²) in [7, 11) is 2.26. The molecule has 0 unspecified atom stereocenters. The minimum Gasteiger partial charge on any atom is -0.337 e. The molecule has 0 aliphatic carbocycles. The van der Waals surface area contributed by atoms with E-state index in [1.165, 1.54) is 84.5 Å². The molecule has 3 fully saturated rings. The standard InChI is InChI=1S/C9H19N.C8H18N2.C5H11N.CH4/c1-9(2,3)10-7-5-4-6-8-10;1-8(2,3)10-6-4-9-5-7-10;1-6-4-2-3-5-6;/h4-8H2,1-3H3;9H,4-7H2,1-3H3;2-5H2,1H3;1H4/p+3. The van der Waals surface area contributed by atoms with Crippen molar-refractivity contribution >= 4 is 0 Å². The van der Waals surface area contributed by atoms with Crippen molar-refractivity contribution in [1.29, 1.82) is 0 Å². The molecule has 0 spiro atoms. The lowest BCUT2D eigenvalue weighted by Crippen LogP contribution is -3.21. The van der Waals surface area contributed by atoms with Crippen LogP contribution in [0.15, 0.2) is 0 Å². The second-order valence-corrected chi connectivity index (χ2v) is 10.7. The van der Waals surface area contributed by atoms with Crippen LogP contribution in [0.2, 0.25) is 0 Å². The van der Waals surface area contributed by atoms with Crippen LogP contribution < -0.4 is 20.0 Å². The van der Waals surface area contributed by atoms with Gasteiger partial charge in [-0.2, -0.15) is 0 Å². The van der Waals surface area contributed by atoms with Gasteiger partial charge in [0.15, 0.2) is 0 Å². The zero-order chi connectivity index (χ0) is 19.6. The second kappa shape index (κ2) is 13.1. The fraction of sp³-hybridized carbons (Fsp3) is 1.00. The van der Waals surface area contributed by atoms with Gasteiger partial charge in [-0.05, 0) is 60.8 Å². The minimum absolute atomic E-state index is 0. The average molecular weight is 388 g/mol. The van der Waals surface area contributed by atoms with Crippen LogP contribution in [0.5, 0.6) is 0 Å². The third-order valence-electron chi connectivity index (χ3n) is 6.24. The maximum absolute atomic E-state index is 3.37. The summed E-state index contributed by atoms with van der Waals surface area (Å²) in [5, 5.41) is 3.37.